The molecule has 18 unspecified atom stereocenters. The van der Waals surface area contributed by atoms with Crippen molar-refractivity contribution in [1.29, 1.82) is 0 Å². The van der Waals surface area contributed by atoms with Gasteiger partial charge in [-0.2, -0.15) is 0 Å². The van der Waals surface area contributed by atoms with Gasteiger partial charge in [0.25, 0.3) is 0 Å². The molecule has 3 rings (SSSR count). The Bertz CT molecular complexity index is 1350. The summed E-state index contributed by atoms with van der Waals surface area (Å²) < 4.78 is 50.3. The molecule has 0 aromatic rings. The maximum atomic E-state index is 14.6. The molecule has 0 amide bonds. The largest absolute Gasteiger partial charge is 0.459 e. The van der Waals surface area contributed by atoms with E-state index in [-0.39, 0.29) is 38.2 Å². The summed E-state index contributed by atoms with van der Waals surface area (Å²) in [6, 6.07) is -0.309. The number of cyclic esters (lactones) is 1. The third-order valence-corrected chi connectivity index (χ3v) is 13.0. The predicted octanol–water partition coefficient (Wildman–Crippen LogP) is 2.78. The molecule has 18 atom stereocenters. The van der Waals surface area contributed by atoms with E-state index >= 15 is 0 Å². The molecule has 3 heterocycles. The minimum Gasteiger partial charge on any atom is -0.459 e. The number of aliphatic hydroxyl groups is 4. The molecule has 60 heavy (non-hydrogen) atoms. The van der Waals surface area contributed by atoms with Gasteiger partial charge in [-0.1, -0.05) is 32.9 Å². The molecular formula is C43H81N3O14. The Morgan fingerprint density at radius 3 is 2.12 bits per heavy atom. The number of esters is 1. The minimum absolute atomic E-state index is 0.0475. The van der Waals surface area contributed by atoms with Gasteiger partial charge in [0, 0.05) is 43.9 Å². The number of nitrogens with zero attached hydrogens (tertiary/aromatic N) is 3. The van der Waals surface area contributed by atoms with Crippen molar-refractivity contribution >= 4 is 11.7 Å². The molecule has 0 saturated carbocycles. The van der Waals surface area contributed by atoms with Gasteiger partial charge in [-0.25, -0.2) is 0 Å². The fourth-order valence-corrected chi connectivity index (χ4v) is 9.43. The Morgan fingerprint density at radius 1 is 0.900 bits per heavy atom. The lowest BCUT2D eigenvalue weighted by molar-refractivity contribution is -0.318. The molecule has 0 bridgehead atoms. The van der Waals surface area contributed by atoms with Crippen molar-refractivity contribution in [2.75, 3.05) is 62.4 Å². The van der Waals surface area contributed by atoms with Gasteiger partial charge >= 0.3 is 5.97 Å². The smallest absolute Gasteiger partial charge is 0.311 e. The Labute approximate surface area is 359 Å². The number of hydrogen-bond donors (Lipinski definition) is 4. The Kier molecular flexibility index (Phi) is 19.7. The summed E-state index contributed by atoms with van der Waals surface area (Å²) in [4.78, 5) is 23.9. The quantitative estimate of drug-likeness (QED) is 0.0860. The van der Waals surface area contributed by atoms with Crippen molar-refractivity contribution in [2.24, 2.45) is 28.8 Å². The van der Waals surface area contributed by atoms with E-state index in [2.05, 4.69) is 5.16 Å². The predicted molar refractivity (Wildman–Crippen MR) is 224 cm³/mol. The van der Waals surface area contributed by atoms with Gasteiger partial charge in [-0.15, -0.1) is 0 Å². The number of ether oxygens (including phenoxy) is 8. The molecule has 4 N–H and O–H groups in total. The summed E-state index contributed by atoms with van der Waals surface area (Å²) in [5.41, 5.74) is -4.07. The van der Waals surface area contributed by atoms with Gasteiger partial charge in [0.2, 0.25) is 0 Å². The molecule has 0 aromatic carbocycles. The lowest BCUT2D eigenvalue weighted by atomic mass is 9.73. The first-order chi connectivity index (χ1) is 27.9. The summed E-state index contributed by atoms with van der Waals surface area (Å²) in [7, 11) is 10.6. The number of hydrogen-bond acceptors (Lipinski definition) is 17. The van der Waals surface area contributed by atoms with Crippen LogP contribution in [0.2, 0.25) is 0 Å². The van der Waals surface area contributed by atoms with E-state index in [0.717, 1.165) is 0 Å². The average molecular weight is 864 g/mol. The summed E-state index contributed by atoms with van der Waals surface area (Å²) in [5, 5.41) is 52.5. The van der Waals surface area contributed by atoms with Gasteiger partial charge in [0.1, 0.15) is 43.9 Å². The van der Waals surface area contributed by atoms with Crippen LogP contribution in [0.4, 0.5) is 0 Å². The van der Waals surface area contributed by atoms with Crippen LogP contribution >= 0.6 is 0 Å². The zero-order valence-electron chi connectivity index (χ0n) is 39.3. The molecule has 0 spiro atoms. The fraction of sp³-hybridized carbons (Fsp3) is 0.953. The first-order valence-electron chi connectivity index (χ1n) is 21.7. The van der Waals surface area contributed by atoms with E-state index in [1.165, 1.54) is 14.2 Å². The highest BCUT2D eigenvalue weighted by molar-refractivity contribution is 5.88. The third kappa shape index (κ3) is 12.8. The lowest BCUT2D eigenvalue weighted by Gasteiger charge is -2.49. The van der Waals surface area contributed by atoms with E-state index in [1.54, 1.807) is 34.6 Å². The number of oxime groups is 1. The molecular weight excluding hydrogens is 782 g/mol. The van der Waals surface area contributed by atoms with E-state index in [1.807, 2.05) is 72.6 Å². The van der Waals surface area contributed by atoms with Gasteiger partial charge in [0.15, 0.2) is 12.6 Å². The summed E-state index contributed by atoms with van der Waals surface area (Å²) in [5.74, 6) is -3.68. The minimum atomic E-state index is -1.78. The maximum absolute atomic E-state index is 14.6. The topological polar surface area (TPSA) is 200 Å². The first kappa shape index (κ1) is 52.8. The maximum Gasteiger partial charge on any atom is 0.311 e. The fourth-order valence-electron chi connectivity index (χ4n) is 9.43. The second kappa shape index (κ2) is 22.4. The molecule has 3 saturated heterocycles. The standard InChI is InChI=1S/C43H81N3O14/c1-17-31-43(10,51)38(55-23-54-19-18-45(11)12)26(4)33(44-53-16)24(2)21-41(8,50)37(60-40-34(47)30(46(13)14)20-25(3)56-40)27(5)35(28(6)39(49)58-31)59-32-22-42(9,52-15)36(48)29(7)57-32/h24-32,34-38,40,47-48,50-51H,17-23H2,1-16H3/b44-33+. The summed E-state index contributed by atoms with van der Waals surface area (Å²) in [6.45, 7) is 18.5. The Balaban J connectivity index is 2.24. The Hall–Kier alpha value is -1.58. The number of carbonyl (C=O) groups is 1. The number of rotatable bonds is 14. The van der Waals surface area contributed by atoms with Gasteiger partial charge in [0.05, 0.1) is 53.9 Å². The number of methoxy groups -OCH3 is 1. The molecule has 3 aliphatic rings. The number of carbonyl (C=O) groups excluding carboxylic acids is 1. The SMILES string of the molecule is CCC1OC(=O)C(C)C(OC2CC(C)(OC)C(O)C(C)O2)C(C)C(OC2OC(C)CC(N(C)C)C2O)C(C)(O)CC(C)/C(=N\OC)C(C)C(OCOCCN(C)C)C1(C)O. The van der Waals surface area contributed by atoms with Crippen LogP contribution in [-0.2, 0) is 47.5 Å². The van der Waals surface area contributed by atoms with Crippen molar-refractivity contribution in [1.82, 2.24) is 9.80 Å². The van der Waals surface area contributed by atoms with Crippen LogP contribution < -0.4 is 0 Å². The molecule has 0 radical (unpaired) electrons. The van der Waals surface area contributed by atoms with Crippen molar-refractivity contribution in [3.63, 3.8) is 0 Å². The lowest BCUT2D eigenvalue weighted by Crippen LogP contribution is -2.61. The summed E-state index contributed by atoms with van der Waals surface area (Å²) in [6.07, 6.45) is -8.52. The highest BCUT2D eigenvalue weighted by Crippen LogP contribution is 2.41. The van der Waals surface area contributed by atoms with Crippen LogP contribution in [0.3, 0.4) is 0 Å². The molecule has 0 aromatic heterocycles. The van der Waals surface area contributed by atoms with Crippen molar-refractivity contribution in [3.05, 3.63) is 0 Å². The average Bonchev–Trinajstić information content (AvgIpc) is 3.16. The second-order valence-corrected chi connectivity index (χ2v) is 18.7. The number of likely N-dealkylation sites (N-methyl/N-ethyl adjacent to an activating group) is 2. The van der Waals surface area contributed by atoms with E-state index < -0.39 is 102 Å². The highest BCUT2D eigenvalue weighted by atomic mass is 16.7. The van der Waals surface area contributed by atoms with Crippen LogP contribution in [0.15, 0.2) is 5.16 Å². The van der Waals surface area contributed by atoms with Crippen LogP contribution in [0.5, 0.6) is 0 Å². The van der Waals surface area contributed by atoms with Gasteiger partial charge < -0.3 is 73.0 Å². The normalized spacial score (nSPS) is 44.8. The molecule has 0 aliphatic carbocycles. The monoisotopic (exact) mass is 864 g/mol. The van der Waals surface area contributed by atoms with Crippen molar-refractivity contribution < 1.29 is 68.0 Å². The van der Waals surface area contributed by atoms with E-state index in [0.29, 0.717) is 25.3 Å². The van der Waals surface area contributed by atoms with Crippen molar-refractivity contribution in [2.45, 2.75) is 179 Å². The van der Waals surface area contributed by atoms with Crippen LogP contribution in [-0.4, -0.2) is 189 Å². The molecule has 352 valence electrons. The van der Waals surface area contributed by atoms with Crippen LogP contribution in [0, 0.1) is 23.7 Å². The molecule has 17 heteroatoms. The molecule has 3 aliphatic heterocycles. The zero-order chi connectivity index (χ0) is 45.5. The second-order valence-electron chi connectivity index (χ2n) is 18.7. The molecule has 17 nitrogen and oxygen atoms in total. The first-order valence-corrected chi connectivity index (χ1v) is 21.7. The zero-order valence-corrected chi connectivity index (χ0v) is 39.3. The van der Waals surface area contributed by atoms with Crippen molar-refractivity contribution in [3.8, 4) is 0 Å². The van der Waals surface area contributed by atoms with Crippen LogP contribution in [0.25, 0.3) is 0 Å². The van der Waals surface area contributed by atoms with E-state index in [9.17, 15) is 25.2 Å². The van der Waals surface area contributed by atoms with Crippen LogP contribution in [0.1, 0.15) is 94.9 Å². The van der Waals surface area contributed by atoms with Gasteiger partial charge in [-0.05, 0) is 89.0 Å². The Morgan fingerprint density at radius 2 is 1.55 bits per heavy atom. The highest BCUT2D eigenvalue weighted by Gasteiger charge is 2.54. The van der Waals surface area contributed by atoms with E-state index in [4.69, 9.17) is 42.7 Å². The van der Waals surface area contributed by atoms with Gasteiger partial charge in [-0.3, -0.25) is 4.79 Å². The third-order valence-electron chi connectivity index (χ3n) is 13.0. The molecule has 3 fully saturated rings. The number of aliphatic hydroxyl groups excluding tert-OH is 2. The summed E-state index contributed by atoms with van der Waals surface area (Å²) >= 11 is 0.